The summed E-state index contributed by atoms with van der Waals surface area (Å²) in [5.74, 6) is -2.10. The molecule has 0 unspecified atom stereocenters. The number of anilines is 1. The number of aromatic nitrogens is 1. The molecule has 0 saturated heterocycles. The van der Waals surface area contributed by atoms with Crippen molar-refractivity contribution < 1.29 is 24.2 Å². The van der Waals surface area contributed by atoms with E-state index in [9.17, 15) is 19.5 Å². The average molecular weight is 366 g/mol. The number of amides is 1. The number of fused-ring (bicyclic) bond motifs is 1. The van der Waals surface area contributed by atoms with Gasteiger partial charge in [-0.1, -0.05) is 30.3 Å². The van der Waals surface area contributed by atoms with Crippen LogP contribution >= 0.6 is 0 Å². The highest BCUT2D eigenvalue weighted by Gasteiger charge is 2.23. The minimum Gasteiger partial charge on any atom is -0.477 e. The number of methoxy groups -OCH3 is 1. The molecule has 2 N–H and O–H groups in total. The van der Waals surface area contributed by atoms with E-state index in [1.54, 1.807) is 54.1 Å². The van der Waals surface area contributed by atoms with E-state index in [1.165, 1.54) is 7.11 Å². The summed E-state index contributed by atoms with van der Waals surface area (Å²) in [6, 6.07) is 13.7. The van der Waals surface area contributed by atoms with Crippen molar-refractivity contribution in [3.05, 3.63) is 65.4 Å². The fourth-order valence-electron chi connectivity index (χ4n) is 3.16. The molecule has 1 heterocycles. The Morgan fingerprint density at radius 3 is 2.44 bits per heavy atom. The molecule has 0 spiro atoms. The number of hydrogen-bond acceptors (Lipinski definition) is 4. The molecule has 0 fully saturated rings. The summed E-state index contributed by atoms with van der Waals surface area (Å²) in [6.45, 7) is 0. The van der Waals surface area contributed by atoms with Gasteiger partial charge in [-0.25, -0.2) is 9.59 Å². The second-order valence-corrected chi connectivity index (χ2v) is 5.97. The zero-order chi connectivity index (χ0) is 19.6. The van der Waals surface area contributed by atoms with Gasteiger partial charge in [0.05, 0.1) is 24.8 Å². The van der Waals surface area contributed by atoms with Gasteiger partial charge in [0.15, 0.2) is 0 Å². The molecule has 0 radical (unpaired) electrons. The number of rotatable bonds is 5. The minimum absolute atomic E-state index is 0.0626. The quantitative estimate of drug-likeness (QED) is 0.677. The van der Waals surface area contributed by atoms with E-state index in [4.69, 9.17) is 4.74 Å². The van der Waals surface area contributed by atoms with Gasteiger partial charge in [-0.15, -0.1) is 0 Å². The molecule has 0 atom stereocenters. The van der Waals surface area contributed by atoms with Crippen LogP contribution in [0.1, 0.15) is 26.4 Å². The lowest BCUT2D eigenvalue weighted by Gasteiger charge is -2.10. The lowest BCUT2D eigenvalue weighted by Crippen LogP contribution is -2.19. The summed E-state index contributed by atoms with van der Waals surface area (Å²) in [5.41, 5.74) is 1.75. The van der Waals surface area contributed by atoms with Gasteiger partial charge in [-0.05, 0) is 18.2 Å². The van der Waals surface area contributed by atoms with Crippen LogP contribution in [0.2, 0.25) is 0 Å². The Labute approximate surface area is 155 Å². The van der Waals surface area contributed by atoms with E-state index >= 15 is 0 Å². The van der Waals surface area contributed by atoms with Gasteiger partial charge in [0.2, 0.25) is 5.91 Å². The smallest absolute Gasteiger partial charge is 0.352 e. The maximum atomic E-state index is 12.6. The first-order chi connectivity index (χ1) is 12.9. The summed E-state index contributed by atoms with van der Waals surface area (Å²) in [4.78, 5) is 36.2. The summed E-state index contributed by atoms with van der Waals surface area (Å²) >= 11 is 0. The number of benzene rings is 2. The molecule has 7 heteroatoms. The predicted octanol–water partition coefficient (Wildman–Crippen LogP) is 2.84. The third kappa shape index (κ3) is 3.39. The van der Waals surface area contributed by atoms with Gasteiger partial charge >= 0.3 is 11.9 Å². The third-order valence-electron chi connectivity index (χ3n) is 4.36. The van der Waals surface area contributed by atoms with Crippen LogP contribution in [0.4, 0.5) is 5.69 Å². The van der Waals surface area contributed by atoms with E-state index in [-0.39, 0.29) is 17.7 Å². The van der Waals surface area contributed by atoms with Gasteiger partial charge in [0.1, 0.15) is 5.69 Å². The van der Waals surface area contributed by atoms with Crippen molar-refractivity contribution in [3.63, 3.8) is 0 Å². The molecular weight excluding hydrogens is 348 g/mol. The van der Waals surface area contributed by atoms with Gasteiger partial charge in [0, 0.05) is 23.5 Å². The first kappa shape index (κ1) is 18.2. The maximum absolute atomic E-state index is 12.6. The summed E-state index contributed by atoms with van der Waals surface area (Å²) in [5, 5.41) is 13.0. The fourth-order valence-corrected chi connectivity index (χ4v) is 3.16. The number of ether oxygens (including phenoxy) is 1. The van der Waals surface area contributed by atoms with Crippen LogP contribution in [0.3, 0.4) is 0 Å². The SMILES string of the molecule is COC(=O)c1ccccc1NC(=O)Cc1c(C(=O)O)n(C)c2ccccc12. The van der Waals surface area contributed by atoms with E-state index in [0.29, 0.717) is 16.6 Å². The van der Waals surface area contributed by atoms with Crippen LogP contribution in [0, 0.1) is 0 Å². The fraction of sp³-hybridized carbons (Fsp3) is 0.150. The summed E-state index contributed by atoms with van der Waals surface area (Å²) < 4.78 is 6.28. The van der Waals surface area contributed by atoms with Crippen molar-refractivity contribution in [2.24, 2.45) is 7.05 Å². The molecule has 7 nitrogen and oxygen atoms in total. The van der Waals surface area contributed by atoms with Crippen molar-refractivity contribution in [2.75, 3.05) is 12.4 Å². The van der Waals surface area contributed by atoms with E-state index in [2.05, 4.69) is 5.32 Å². The number of nitrogens with zero attached hydrogens (tertiary/aromatic N) is 1. The Kier molecular flexibility index (Phi) is 4.94. The number of para-hydroxylation sites is 2. The highest BCUT2D eigenvalue weighted by molar-refractivity contribution is 6.05. The van der Waals surface area contributed by atoms with Crippen LogP contribution in [0.25, 0.3) is 10.9 Å². The molecule has 0 aliphatic rings. The Bertz CT molecular complexity index is 1050. The Hall–Kier alpha value is -3.61. The van der Waals surface area contributed by atoms with Crippen molar-refractivity contribution in [1.82, 2.24) is 4.57 Å². The van der Waals surface area contributed by atoms with Gasteiger partial charge in [-0.2, -0.15) is 0 Å². The lowest BCUT2D eigenvalue weighted by molar-refractivity contribution is -0.115. The molecule has 3 rings (SSSR count). The van der Waals surface area contributed by atoms with Crippen molar-refractivity contribution in [2.45, 2.75) is 6.42 Å². The number of carbonyl (C=O) groups is 3. The number of aromatic carboxylic acids is 1. The standard InChI is InChI=1S/C20H18N2O5/c1-22-16-10-6-4-7-12(16)14(18(22)19(24)25)11-17(23)21-15-9-5-3-8-13(15)20(26)27-2/h3-10H,11H2,1-2H3,(H,21,23)(H,24,25). The van der Waals surface area contributed by atoms with Crippen LogP contribution in [0.15, 0.2) is 48.5 Å². The lowest BCUT2D eigenvalue weighted by atomic mass is 10.1. The zero-order valence-electron chi connectivity index (χ0n) is 14.9. The number of carboxylic acids is 1. The molecule has 0 bridgehead atoms. The van der Waals surface area contributed by atoms with Crippen molar-refractivity contribution in [3.8, 4) is 0 Å². The predicted molar refractivity (Wildman–Crippen MR) is 100.0 cm³/mol. The molecule has 0 aliphatic heterocycles. The van der Waals surface area contributed by atoms with Gasteiger partial charge < -0.3 is 19.7 Å². The minimum atomic E-state index is -1.11. The number of esters is 1. The average Bonchev–Trinajstić information content (AvgIpc) is 2.94. The number of nitrogens with one attached hydrogen (secondary N) is 1. The second-order valence-electron chi connectivity index (χ2n) is 5.97. The van der Waals surface area contributed by atoms with Gasteiger partial charge in [0.25, 0.3) is 0 Å². The van der Waals surface area contributed by atoms with Crippen molar-refractivity contribution in [1.29, 1.82) is 0 Å². The molecule has 0 saturated carbocycles. The first-order valence-electron chi connectivity index (χ1n) is 8.20. The Balaban J connectivity index is 1.95. The number of aryl methyl sites for hydroxylation is 1. The van der Waals surface area contributed by atoms with E-state index in [0.717, 1.165) is 5.52 Å². The highest BCUT2D eigenvalue weighted by atomic mass is 16.5. The largest absolute Gasteiger partial charge is 0.477 e. The molecule has 1 amide bonds. The molecular formula is C20H18N2O5. The second kappa shape index (κ2) is 7.33. The Morgan fingerprint density at radius 2 is 1.74 bits per heavy atom. The van der Waals surface area contributed by atoms with E-state index < -0.39 is 17.8 Å². The molecule has 2 aromatic carbocycles. The van der Waals surface area contributed by atoms with Crippen LogP contribution < -0.4 is 5.32 Å². The topological polar surface area (TPSA) is 97.6 Å². The number of carboxylic acid groups (broad SMARTS) is 1. The normalized spacial score (nSPS) is 10.6. The molecule has 3 aromatic rings. The zero-order valence-corrected chi connectivity index (χ0v) is 14.9. The molecule has 27 heavy (non-hydrogen) atoms. The van der Waals surface area contributed by atoms with Gasteiger partial charge in [-0.3, -0.25) is 4.79 Å². The van der Waals surface area contributed by atoms with Crippen LogP contribution in [-0.2, 0) is 23.0 Å². The highest BCUT2D eigenvalue weighted by Crippen LogP contribution is 2.26. The first-order valence-corrected chi connectivity index (χ1v) is 8.20. The van der Waals surface area contributed by atoms with Crippen molar-refractivity contribution >= 4 is 34.4 Å². The Morgan fingerprint density at radius 1 is 1.07 bits per heavy atom. The monoisotopic (exact) mass is 366 g/mol. The molecule has 0 aliphatic carbocycles. The maximum Gasteiger partial charge on any atom is 0.352 e. The summed E-state index contributed by atoms with van der Waals surface area (Å²) in [7, 11) is 2.91. The van der Waals surface area contributed by atoms with Crippen LogP contribution in [-0.4, -0.2) is 34.6 Å². The molecule has 1 aromatic heterocycles. The number of carbonyl (C=O) groups excluding carboxylic acids is 2. The summed E-state index contributed by atoms with van der Waals surface area (Å²) in [6.07, 6.45) is -0.140. The van der Waals surface area contributed by atoms with Crippen LogP contribution in [0.5, 0.6) is 0 Å². The molecule has 138 valence electrons. The third-order valence-corrected chi connectivity index (χ3v) is 4.36. The number of hydrogen-bond donors (Lipinski definition) is 2. The van der Waals surface area contributed by atoms with E-state index in [1.807, 2.05) is 6.07 Å².